The van der Waals surface area contributed by atoms with Gasteiger partial charge >= 0.3 is 0 Å². The lowest BCUT2D eigenvalue weighted by atomic mass is 9.93. The van der Waals surface area contributed by atoms with Gasteiger partial charge in [-0.25, -0.2) is 0 Å². The molecule has 1 saturated carbocycles. The molecule has 1 aromatic rings. The summed E-state index contributed by atoms with van der Waals surface area (Å²) in [5.74, 6) is 0.223. The van der Waals surface area contributed by atoms with Crippen molar-refractivity contribution in [3.8, 4) is 0 Å². The van der Waals surface area contributed by atoms with Gasteiger partial charge in [0.2, 0.25) is 11.8 Å². The van der Waals surface area contributed by atoms with Crippen molar-refractivity contribution in [3.05, 3.63) is 28.5 Å². The minimum Gasteiger partial charge on any atom is -0.342 e. The summed E-state index contributed by atoms with van der Waals surface area (Å²) in [6, 6.07) is 3.40. The van der Waals surface area contributed by atoms with E-state index in [1.165, 1.54) is 0 Å². The Kier molecular flexibility index (Phi) is 3.51. The van der Waals surface area contributed by atoms with Crippen molar-refractivity contribution in [3.63, 3.8) is 0 Å². The summed E-state index contributed by atoms with van der Waals surface area (Å²) < 4.78 is 0.893. The second-order valence-corrected chi connectivity index (χ2v) is 7.16. The summed E-state index contributed by atoms with van der Waals surface area (Å²) in [6.07, 6.45) is 3.73. The third-order valence-corrected chi connectivity index (χ3v) is 4.72. The molecular formula is C15H18BrN3O2. The van der Waals surface area contributed by atoms with Crippen LogP contribution in [0.4, 0.5) is 0 Å². The van der Waals surface area contributed by atoms with Gasteiger partial charge in [0.25, 0.3) is 0 Å². The van der Waals surface area contributed by atoms with Crippen LogP contribution >= 0.6 is 15.9 Å². The fourth-order valence-electron chi connectivity index (χ4n) is 2.63. The van der Waals surface area contributed by atoms with Crippen molar-refractivity contribution in [1.29, 1.82) is 0 Å². The van der Waals surface area contributed by atoms with Gasteiger partial charge < -0.3 is 10.2 Å². The average molecular weight is 352 g/mol. The molecule has 0 bridgehead atoms. The van der Waals surface area contributed by atoms with Crippen molar-refractivity contribution in [2.24, 2.45) is 5.92 Å². The van der Waals surface area contributed by atoms with E-state index in [4.69, 9.17) is 0 Å². The fraction of sp³-hybridized carbons (Fsp3) is 0.533. The highest BCUT2D eigenvalue weighted by Gasteiger charge is 2.50. The molecule has 2 aliphatic rings. The SMILES string of the molecule is CC1(C)C(=O)NC(C2CC2)C(=O)N1Cc1ccc(Br)cn1. The van der Waals surface area contributed by atoms with Gasteiger partial charge in [0.05, 0.1) is 12.2 Å². The molecule has 1 aliphatic heterocycles. The van der Waals surface area contributed by atoms with E-state index in [0.29, 0.717) is 12.5 Å². The lowest BCUT2D eigenvalue weighted by Gasteiger charge is -2.44. The first-order valence-corrected chi connectivity index (χ1v) is 7.92. The third-order valence-electron chi connectivity index (χ3n) is 4.25. The minimum atomic E-state index is -0.850. The number of halogens is 1. The van der Waals surface area contributed by atoms with Gasteiger partial charge in [-0.3, -0.25) is 14.6 Å². The highest BCUT2D eigenvalue weighted by Crippen LogP contribution is 2.37. The Hall–Kier alpha value is -1.43. The van der Waals surface area contributed by atoms with Crippen LogP contribution in [0.2, 0.25) is 0 Å². The van der Waals surface area contributed by atoms with Gasteiger partial charge in [-0.15, -0.1) is 0 Å². The molecule has 2 fully saturated rings. The van der Waals surface area contributed by atoms with E-state index in [1.807, 2.05) is 12.1 Å². The predicted molar refractivity (Wildman–Crippen MR) is 81.2 cm³/mol. The molecule has 2 heterocycles. The lowest BCUT2D eigenvalue weighted by Crippen LogP contribution is -2.68. The first-order valence-electron chi connectivity index (χ1n) is 7.12. The zero-order chi connectivity index (χ0) is 15.2. The van der Waals surface area contributed by atoms with Gasteiger partial charge in [0, 0.05) is 10.7 Å². The number of nitrogens with one attached hydrogen (secondary N) is 1. The standard InChI is InChI=1S/C15H18BrN3O2/c1-15(2)14(21)18-12(9-3-4-9)13(20)19(15)8-11-6-5-10(16)7-17-11/h5-7,9,12H,3-4,8H2,1-2H3,(H,18,21). The Bertz CT molecular complexity index is 581. The molecule has 1 atom stereocenters. The molecule has 112 valence electrons. The molecule has 0 aromatic carbocycles. The average Bonchev–Trinajstić information content (AvgIpc) is 3.26. The Morgan fingerprint density at radius 2 is 2.10 bits per heavy atom. The van der Waals surface area contributed by atoms with Crippen molar-refractivity contribution < 1.29 is 9.59 Å². The van der Waals surface area contributed by atoms with E-state index < -0.39 is 5.54 Å². The molecule has 3 rings (SSSR count). The minimum absolute atomic E-state index is 0.00631. The number of amides is 2. The number of nitrogens with zero attached hydrogens (tertiary/aromatic N) is 2. The van der Waals surface area contributed by atoms with Crippen molar-refractivity contribution in [1.82, 2.24) is 15.2 Å². The topological polar surface area (TPSA) is 62.3 Å². The highest BCUT2D eigenvalue weighted by molar-refractivity contribution is 9.10. The largest absolute Gasteiger partial charge is 0.342 e. The number of carbonyl (C=O) groups is 2. The van der Waals surface area contributed by atoms with E-state index in [1.54, 1.807) is 24.9 Å². The Morgan fingerprint density at radius 3 is 2.67 bits per heavy atom. The second-order valence-electron chi connectivity index (χ2n) is 6.24. The maximum atomic E-state index is 12.7. The Balaban J connectivity index is 1.86. The van der Waals surface area contributed by atoms with Crippen molar-refractivity contribution in [2.45, 2.75) is 44.8 Å². The van der Waals surface area contributed by atoms with Gasteiger partial charge in [0.1, 0.15) is 11.6 Å². The molecule has 21 heavy (non-hydrogen) atoms. The molecule has 1 aliphatic carbocycles. The molecule has 1 aromatic heterocycles. The van der Waals surface area contributed by atoms with Gasteiger partial charge in [-0.1, -0.05) is 0 Å². The maximum absolute atomic E-state index is 12.7. The summed E-state index contributed by atoms with van der Waals surface area (Å²) >= 11 is 3.34. The summed E-state index contributed by atoms with van der Waals surface area (Å²) in [6.45, 7) is 3.92. The van der Waals surface area contributed by atoms with E-state index >= 15 is 0 Å². The number of aromatic nitrogens is 1. The number of hydrogen-bond acceptors (Lipinski definition) is 3. The maximum Gasteiger partial charge on any atom is 0.246 e. The quantitative estimate of drug-likeness (QED) is 0.903. The predicted octanol–water partition coefficient (Wildman–Crippen LogP) is 1.86. The van der Waals surface area contributed by atoms with Crippen LogP contribution in [0.3, 0.4) is 0 Å². The van der Waals surface area contributed by atoms with Crippen molar-refractivity contribution >= 4 is 27.7 Å². The van der Waals surface area contributed by atoms with Crippen LogP contribution < -0.4 is 5.32 Å². The zero-order valence-corrected chi connectivity index (χ0v) is 13.7. The van der Waals surface area contributed by atoms with Crippen LogP contribution in [0.1, 0.15) is 32.4 Å². The van der Waals surface area contributed by atoms with Crippen LogP contribution in [0.25, 0.3) is 0 Å². The van der Waals surface area contributed by atoms with E-state index in [9.17, 15) is 9.59 Å². The number of carbonyl (C=O) groups excluding carboxylic acids is 2. The molecule has 6 heteroatoms. The van der Waals surface area contributed by atoms with Gasteiger partial charge in [-0.2, -0.15) is 0 Å². The van der Waals surface area contributed by atoms with Crippen LogP contribution in [-0.4, -0.2) is 33.3 Å². The molecule has 5 nitrogen and oxygen atoms in total. The molecular weight excluding hydrogens is 334 g/mol. The molecule has 0 radical (unpaired) electrons. The smallest absolute Gasteiger partial charge is 0.246 e. The molecule has 1 saturated heterocycles. The van der Waals surface area contributed by atoms with E-state index in [2.05, 4.69) is 26.2 Å². The fourth-order valence-corrected chi connectivity index (χ4v) is 2.87. The normalized spacial score (nSPS) is 24.9. The van der Waals surface area contributed by atoms with E-state index in [-0.39, 0.29) is 17.9 Å². The molecule has 1 unspecified atom stereocenters. The molecule has 0 spiro atoms. The number of pyridine rings is 1. The zero-order valence-electron chi connectivity index (χ0n) is 12.1. The highest BCUT2D eigenvalue weighted by atomic mass is 79.9. The number of piperazine rings is 1. The molecule has 1 N–H and O–H groups in total. The van der Waals surface area contributed by atoms with Gasteiger partial charge in [-0.05, 0) is 60.7 Å². The first kappa shape index (κ1) is 14.5. The van der Waals surface area contributed by atoms with Crippen LogP contribution in [0, 0.1) is 5.92 Å². The summed E-state index contributed by atoms with van der Waals surface area (Å²) in [4.78, 5) is 31.0. The second kappa shape index (κ2) is 5.09. The van der Waals surface area contributed by atoms with Crippen LogP contribution in [0.15, 0.2) is 22.8 Å². The first-order chi connectivity index (χ1) is 9.89. The molecule has 2 amide bonds. The van der Waals surface area contributed by atoms with Crippen LogP contribution in [0.5, 0.6) is 0 Å². The monoisotopic (exact) mass is 351 g/mol. The Labute approximate surface area is 132 Å². The third kappa shape index (κ3) is 2.69. The lowest BCUT2D eigenvalue weighted by molar-refractivity contribution is -0.156. The summed E-state index contributed by atoms with van der Waals surface area (Å²) in [5, 5.41) is 2.89. The van der Waals surface area contributed by atoms with E-state index in [0.717, 1.165) is 23.0 Å². The van der Waals surface area contributed by atoms with Crippen molar-refractivity contribution in [2.75, 3.05) is 0 Å². The Morgan fingerprint density at radius 1 is 1.38 bits per heavy atom. The summed E-state index contributed by atoms with van der Waals surface area (Å²) in [5.41, 5.74) is -0.0686. The number of hydrogen-bond donors (Lipinski definition) is 1. The number of rotatable bonds is 3. The van der Waals surface area contributed by atoms with Crippen LogP contribution in [-0.2, 0) is 16.1 Å². The summed E-state index contributed by atoms with van der Waals surface area (Å²) in [7, 11) is 0. The van der Waals surface area contributed by atoms with Gasteiger partial charge in [0.15, 0.2) is 0 Å².